The quantitative estimate of drug-likeness (QED) is 0.660. The molecule has 2 N–H and O–H groups in total. The third-order valence-corrected chi connectivity index (χ3v) is 3.82. The van der Waals surface area contributed by atoms with E-state index in [0.29, 0.717) is 6.04 Å². The number of rotatable bonds is 9. The van der Waals surface area contributed by atoms with E-state index >= 15 is 0 Å². The van der Waals surface area contributed by atoms with Gasteiger partial charge in [-0.25, -0.2) is 0 Å². The zero-order valence-corrected chi connectivity index (χ0v) is 11.4. The zero-order chi connectivity index (χ0) is 12.5. The summed E-state index contributed by atoms with van der Waals surface area (Å²) in [6, 6.07) is 0.503. The minimum atomic E-state index is 0.503. The fraction of sp³-hybridized carbons (Fsp3) is 1.00. The molecular weight excluding hydrogens is 216 g/mol. The first-order valence-corrected chi connectivity index (χ1v) is 6.75. The molecule has 0 aliphatic heterocycles. The summed E-state index contributed by atoms with van der Waals surface area (Å²) in [7, 11) is 3.50. The van der Waals surface area contributed by atoms with Crippen molar-refractivity contribution < 1.29 is 9.47 Å². The van der Waals surface area contributed by atoms with Crippen LogP contribution in [0.4, 0.5) is 0 Å². The van der Waals surface area contributed by atoms with Crippen LogP contribution in [0, 0.1) is 5.92 Å². The van der Waals surface area contributed by atoms with Gasteiger partial charge in [0.05, 0.1) is 13.2 Å². The number of ether oxygens (including phenoxy) is 2. The van der Waals surface area contributed by atoms with Gasteiger partial charge in [-0.2, -0.15) is 0 Å². The van der Waals surface area contributed by atoms with Gasteiger partial charge < -0.3 is 15.2 Å². The van der Waals surface area contributed by atoms with Gasteiger partial charge in [0.1, 0.15) is 0 Å². The Balaban J connectivity index is 2.49. The topological polar surface area (TPSA) is 47.7 Å². The molecule has 0 amide bonds. The van der Waals surface area contributed by atoms with Crippen LogP contribution in [0.25, 0.3) is 0 Å². The molecule has 17 heavy (non-hydrogen) atoms. The van der Waals surface area contributed by atoms with E-state index < -0.39 is 0 Å². The highest BCUT2D eigenvalue weighted by Crippen LogP contribution is 2.29. The van der Waals surface area contributed by atoms with E-state index in [4.69, 9.17) is 15.2 Å². The highest BCUT2D eigenvalue weighted by Gasteiger charge is 2.28. The largest absolute Gasteiger partial charge is 0.383 e. The second-order valence-electron chi connectivity index (χ2n) is 4.87. The molecule has 0 aromatic heterocycles. The summed E-state index contributed by atoms with van der Waals surface area (Å²) < 4.78 is 10.4. The lowest BCUT2D eigenvalue weighted by Gasteiger charge is -2.34. The van der Waals surface area contributed by atoms with Gasteiger partial charge in [0.25, 0.3) is 0 Å². The smallest absolute Gasteiger partial charge is 0.0589 e. The van der Waals surface area contributed by atoms with Gasteiger partial charge in [0.2, 0.25) is 0 Å². The van der Waals surface area contributed by atoms with Crippen molar-refractivity contribution in [3.8, 4) is 0 Å². The maximum atomic E-state index is 5.97. The van der Waals surface area contributed by atoms with E-state index in [1.807, 2.05) is 0 Å². The van der Waals surface area contributed by atoms with Crippen molar-refractivity contribution in [1.29, 1.82) is 0 Å². The van der Waals surface area contributed by atoms with E-state index in [1.165, 1.54) is 25.7 Å². The summed E-state index contributed by atoms with van der Waals surface area (Å²) in [4.78, 5) is 2.45. The van der Waals surface area contributed by atoms with Crippen LogP contribution in [0.15, 0.2) is 0 Å². The monoisotopic (exact) mass is 244 g/mol. The number of hydrogen-bond donors (Lipinski definition) is 1. The van der Waals surface area contributed by atoms with Gasteiger partial charge in [-0.1, -0.05) is 12.8 Å². The molecular formula is C13H28N2O2. The molecule has 0 bridgehead atoms. The van der Waals surface area contributed by atoms with Crippen LogP contribution in [0.2, 0.25) is 0 Å². The molecule has 1 rings (SSSR count). The van der Waals surface area contributed by atoms with Crippen LogP contribution in [0.3, 0.4) is 0 Å². The highest BCUT2D eigenvalue weighted by molar-refractivity contribution is 4.83. The molecule has 0 saturated heterocycles. The fourth-order valence-corrected chi connectivity index (χ4v) is 2.84. The lowest BCUT2D eigenvalue weighted by atomic mass is 9.96. The third-order valence-electron chi connectivity index (χ3n) is 3.82. The predicted octanol–water partition coefficient (Wildman–Crippen LogP) is 1.10. The van der Waals surface area contributed by atoms with Crippen molar-refractivity contribution >= 4 is 0 Å². The van der Waals surface area contributed by atoms with Crippen LogP contribution < -0.4 is 5.73 Å². The van der Waals surface area contributed by atoms with Gasteiger partial charge in [0, 0.05) is 39.9 Å². The molecule has 0 radical (unpaired) electrons. The summed E-state index contributed by atoms with van der Waals surface area (Å²) in [5.41, 5.74) is 5.97. The van der Waals surface area contributed by atoms with Crippen molar-refractivity contribution in [2.75, 3.05) is 47.1 Å². The standard InChI is InChI=1S/C13H28N2O2/c1-16-9-7-15(8-10-17-2)13(11-14)12-5-3-4-6-12/h12-13H,3-11,14H2,1-2H3. The molecule has 1 unspecified atom stereocenters. The number of hydrogen-bond acceptors (Lipinski definition) is 4. The Morgan fingerprint density at radius 2 is 1.65 bits per heavy atom. The van der Waals surface area contributed by atoms with Crippen molar-refractivity contribution in [2.45, 2.75) is 31.7 Å². The van der Waals surface area contributed by atoms with E-state index in [0.717, 1.165) is 38.8 Å². The molecule has 0 aromatic carbocycles. The van der Waals surface area contributed by atoms with E-state index in [1.54, 1.807) is 14.2 Å². The maximum Gasteiger partial charge on any atom is 0.0589 e. The predicted molar refractivity (Wildman–Crippen MR) is 70.1 cm³/mol. The zero-order valence-electron chi connectivity index (χ0n) is 11.4. The summed E-state index contributed by atoms with van der Waals surface area (Å²) in [6.07, 6.45) is 5.39. The first-order chi connectivity index (χ1) is 8.33. The van der Waals surface area contributed by atoms with Crippen LogP contribution >= 0.6 is 0 Å². The summed E-state index contributed by atoms with van der Waals surface area (Å²) >= 11 is 0. The molecule has 0 heterocycles. The fourth-order valence-electron chi connectivity index (χ4n) is 2.84. The molecule has 1 saturated carbocycles. The Morgan fingerprint density at radius 1 is 1.12 bits per heavy atom. The minimum Gasteiger partial charge on any atom is -0.383 e. The Hall–Kier alpha value is -0.160. The lowest BCUT2D eigenvalue weighted by molar-refractivity contribution is 0.0695. The average Bonchev–Trinajstić information content (AvgIpc) is 2.86. The van der Waals surface area contributed by atoms with Crippen molar-refractivity contribution in [3.05, 3.63) is 0 Å². The molecule has 1 atom stereocenters. The van der Waals surface area contributed by atoms with Crippen LogP contribution in [-0.2, 0) is 9.47 Å². The van der Waals surface area contributed by atoms with Crippen molar-refractivity contribution in [3.63, 3.8) is 0 Å². The van der Waals surface area contributed by atoms with Crippen LogP contribution in [0.1, 0.15) is 25.7 Å². The average molecular weight is 244 g/mol. The van der Waals surface area contributed by atoms with Crippen molar-refractivity contribution in [1.82, 2.24) is 4.90 Å². The molecule has 0 aromatic rings. The Kier molecular flexibility index (Phi) is 7.77. The van der Waals surface area contributed by atoms with Crippen LogP contribution in [0.5, 0.6) is 0 Å². The molecule has 1 aliphatic rings. The van der Waals surface area contributed by atoms with Gasteiger partial charge >= 0.3 is 0 Å². The number of methoxy groups -OCH3 is 2. The van der Waals surface area contributed by atoms with Gasteiger partial charge in [-0.05, 0) is 18.8 Å². The van der Waals surface area contributed by atoms with Gasteiger partial charge in [-0.3, -0.25) is 4.90 Å². The van der Waals surface area contributed by atoms with E-state index in [2.05, 4.69) is 4.90 Å². The lowest BCUT2D eigenvalue weighted by Crippen LogP contribution is -2.47. The summed E-state index contributed by atoms with van der Waals surface area (Å²) in [5.74, 6) is 0.772. The second-order valence-corrected chi connectivity index (χ2v) is 4.87. The molecule has 0 spiro atoms. The van der Waals surface area contributed by atoms with E-state index in [-0.39, 0.29) is 0 Å². The highest BCUT2D eigenvalue weighted by atomic mass is 16.5. The Bertz CT molecular complexity index is 176. The maximum absolute atomic E-state index is 5.97. The van der Waals surface area contributed by atoms with Crippen LogP contribution in [-0.4, -0.2) is 58.0 Å². The molecule has 102 valence electrons. The Morgan fingerprint density at radius 3 is 2.06 bits per heavy atom. The van der Waals surface area contributed by atoms with E-state index in [9.17, 15) is 0 Å². The number of nitrogens with two attached hydrogens (primary N) is 1. The Labute approximate surface area is 105 Å². The van der Waals surface area contributed by atoms with Crippen molar-refractivity contribution in [2.24, 2.45) is 11.7 Å². The number of nitrogens with zero attached hydrogens (tertiary/aromatic N) is 1. The third kappa shape index (κ3) is 4.92. The first kappa shape index (κ1) is 14.9. The molecule has 1 aliphatic carbocycles. The normalized spacial score (nSPS) is 19.1. The molecule has 4 heteroatoms. The van der Waals surface area contributed by atoms with Gasteiger partial charge in [0.15, 0.2) is 0 Å². The molecule has 4 nitrogen and oxygen atoms in total. The van der Waals surface area contributed by atoms with Gasteiger partial charge in [-0.15, -0.1) is 0 Å². The first-order valence-electron chi connectivity index (χ1n) is 6.75. The second kappa shape index (κ2) is 8.86. The summed E-state index contributed by atoms with van der Waals surface area (Å²) in [6.45, 7) is 4.20. The SMILES string of the molecule is COCCN(CCOC)C(CN)C1CCCC1. The molecule has 1 fully saturated rings. The summed E-state index contributed by atoms with van der Waals surface area (Å²) in [5, 5.41) is 0. The minimum absolute atomic E-state index is 0.503.